The van der Waals surface area contributed by atoms with E-state index in [1.807, 2.05) is 6.92 Å². The van der Waals surface area contributed by atoms with Crippen LogP contribution in [-0.2, 0) is 5.54 Å². The van der Waals surface area contributed by atoms with Crippen LogP contribution in [0, 0.1) is 12.8 Å². The maximum atomic E-state index is 5.18. The third kappa shape index (κ3) is 5.08. The molecule has 0 amide bonds. The molecule has 0 spiro atoms. The molecule has 126 valence electrons. The van der Waals surface area contributed by atoms with Gasteiger partial charge in [-0.2, -0.15) is 4.98 Å². The van der Waals surface area contributed by atoms with Crippen molar-refractivity contribution >= 4 is 0 Å². The third-order valence-electron chi connectivity index (χ3n) is 4.91. The molecule has 1 aliphatic rings. The Labute approximate surface area is 135 Å². The number of nitrogens with zero attached hydrogens (tertiary/aromatic N) is 2. The first kappa shape index (κ1) is 17.5. The summed E-state index contributed by atoms with van der Waals surface area (Å²) in [5.41, 5.74) is -0.0983. The van der Waals surface area contributed by atoms with E-state index in [-0.39, 0.29) is 5.54 Å². The molecule has 4 heteroatoms. The zero-order valence-corrected chi connectivity index (χ0v) is 14.7. The van der Waals surface area contributed by atoms with Gasteiger partial charge in [0.15, 0.2) is 5.82 Å². The second kappa shape index (κ2) is 8.66. The Morgan fingerprint density at radius 3 is 2.27 bits per heavy atom. The third-order valence-corrected chi connectivity index (χ3v) is 4.91. The van der Waals surface area contributed by atoms with Gasteiger partial charge in [-0.15, -0.1) is 0 Å². The molecule has 2 rings (SSSR count). The van der Waals surface area contributed by atoms with E-state index < -0.39 is 0 Å². The highest BCUT2D eigenvalue weighted by Gasteiger charge is 2.45. The van der Waals surface area contributed by atoms with Gasteiger partial charge in [-0.05, 0) is 38.6 Å². The molecule has 1 atom stereocenters. The van der Waals surface area contributed by atoms with Gasteiger partial charge in [0.05, 0.1) is 5.54 Å². The number of aryl methyl sites for hydroxylation is 1. The lowest BCUT2D eigenvalue weighted by molar-refractivity contribution is 0.280. The minimum absolute atomic E-state index is 0.0983. The van der Waals surface area contributed by atoms with Gasteiger partial charge >= 0.3 is 0 Å². The van der Waals surface area contributed by atoms with Crippen LogP contribution in [0.15, 0.2) is 4.52 Å². The molecule has 0 radical (unpaired) electrons. The molecule has 1 saturated carbocycles. The van der Waals surface area contributed by atoms with Crippen molar-refractivity contribution in [3.8, 4) is 0 Å². The maximum absolute atomic E-state index is 5.18. The van der Waals surface area contributed by atoms with Crippen molar-refractivity contribution in [1.82, 2.24) is 15.5 Å². The van der Waals surface area contributed by atoms with E-state index in [2.05, 4.69) is 29.3 Å². The second-order valence-electron chi connectivity index (χ2n) is 7.02. The largest absolute Gasteiger partial charge is 0.340 e. The SMILES string of the molecule is CCCCCCCCCCN[C@](C)(c1noc(C)n1)C1CC1. The first-order valence-electron chi connectivity index (χ1n) is 9.22. The van der Waals surface area contributed by atoms with Crippen molar-refractivity contribution in [3.05, 3.63) is 11.7 Å². The molecule has 1 heterocycles. The maximum Gasteiger partial charge on any atom is 0.223 e. The Bertz CT molecular complexity index is 428. The molecule has 1 N–H and O–H groups in total. The second-order valence-corrected chi connectivity index (χ2v) is 7.02. The zero-order chi connectivity index (χ0) is 15.8. The summed E-state index contributed by atoms with van der Waals surface area (Å²) in [5, 5.41) is 7.87. The fraction of sp³-hybridized carbons (Fsp3) is 0.889. The van der Waals surface area contributed by atoms with E-state index in [0.717, 1.165) is 12.4 Å². The summed E-state index contributed by atoms with van der Waals surface area (Å²) in [6.45, 7) is 7.42. The van der Waals surface area contributed by atoms with Crippen molar-refractivity contribution in [2.24, 2.45) is 5.92 Å². The van der Waals surface area contributed by atoms with Crippen LogP contribution in [0.2, 0.25) is 0 Å². The molecule has 0 saturated heterocycles. The average Bonchev–Trinajstić information content (AvgIpc) is 3.27. The summed E-state index contributed by atoms with van der Waals surface area (Å²) >= 11 is 0. The fourth-order valence-electron chi connectivity index (χ4n) is 3.18. The monoisotopic (exact) mass is 307 g/mol. The summed E-state index contributed by atoms with van der Waals surface area (Å²) in [7, 11) is 0. The molecule has 1 aliphatic carbocycles. The molecule has 22 heavy (non-hydrogen) atoms. The van der Waals surface area contributed by atoms with E-state index in [0.29, 0.717) is 11.8 Å². The Morgan fingerprint density at radius 2 is 1.73 bits per heavy atom. The van der Waals surface area contributed by atoms with Gasteiger partial charge in [-0.25, -0.2) is 0 Å². The van der Waals surface area contributed by atoms with Crippen LogP contribution in [0.5, 0.6) is 0 Å². The van der Waals surface area contributed by atoms with E-state index in [1.165, 1.54) is 64.2 Å². The number of unbranched alkanes of at least 4 members (excludes halogenated alkanes) is 7. The van der Waals surface area contributed by atoms with Gasteiger partial charge in [-0.3, -0.25) is 0 Å². The standard InChI is InChI=1S/C18H33N3O/c1-4-5-6-7-8-9-10-11-14-19-18(3,16-12-13-16)17-20-15(2)22-21-17/h16,19H,4-14H2,1-3H3/t18-/m0/s1. The number of hydrogen-bond donors (Lipinski definition) is 1. The molecule has 1 fully saturated rings. The Balaban J connectivity index is 1.64. The van der Waals surface area contributed by atoms with Crippen LogP contribution in [0.4, 0.5) is 0 Å². The lowest BCUT2D eigenvalue weighted by atomic mass is 9.94. The van der Waals surface area contributed by atoms with Crippen LogP contribution in [0.3, 0.4) is 0 Å². The van der Waals surface area contributed by atoms with Crippen molar-refractivity contribution < 1.29 is 4.52 Å². The van der Waals surface area contributed by atoms with Crippen LogP contribution in [0.1, 0.15) is 89.8 Å². The van der Waals surface area contributed by atoms with Crippen LogP contribution >= 0.6 is 0 Å². The van der Waals surface area contributed by atoms with Gasteiger partial charge in [0.1, 0.15) is 0 Å². The fourth-order valence-corrected chi connectivity index (χ4v) is 3.18. The van der Waals surface area contributed by atoms with Gasteiger partial charge in [0.25, 0.3) is 0 Å². The number of aromatic nitrogens is 2. The highest BCUT2D eigenvalue weighted by atomic mass is 16.5. The van der Waals surface area contributed by atoms with Crippen LogP contribution < -0.4 is 5.32 Å². The molecule has 4 nitrogen and oxygen atoms in total. The first-order valence-corrected chi connectivity index (χ1v) is 9.22. The lowest BCUT2D eigenvalue weighted by Crippen LogP contribution is -2.43. The highest BCUT2D eigenvalue weighted by Crippen LogP contribution is 2.44. The summed E-state index contributed by atoms with van der Waals surface area (Å²) in [6, 6.07) is 0. The quantitative estimate of drug-likeness (QED) is 0.567. The van der Waals surface area contributed by atoms with Gasteiger partial charge in [0, 0.05) is 6.92 Å². The Kier molecular flexibility index (Phi) is 6.87. The molecule has 0 aromatic carbocycles. The minimum atomic E-state index is -0.0983. The smallest absolute Gasteiger partial charge is 0.223 e. The summed E-state index contributed by atoms with van der Waals surface area (Å²) in [6.07, 6.45) is 13.4. The predicted octanol–water partition coefficient (Wildman–Crippen LogP) is 4.73. The van der Waals surface area contributed by atoms with E-state index in [4.69, 9.17) is 4.52 Å². The Hall–Kier alpha value is -0.900. The average molecular weight is 307 g/mol. The van der Waals surface area contributed by atoms with Crippen molar-refractivity contribution in [2.75, 3.05) is 6.54 Å². The first-order chi connectivity index (χ1) is 10.7. The Morgan fingerprint density at radius 1 is 1.09 bits per heavy atom. The van der Waals surface area contributed by atoms with E-state index in [9.17, 15) is 0 Å². The molecule has 0 unspecified atom stereocenters. The van der Waals surface area contributed by atoms with Crippen molar-refractivity contribution in [1.29, 1.82) is 0 Å². The molecule has 0 bridgehead atoms. The molecular weight excluding hydrogens is 274 g/mol. The van der Waals surface area contributed by atoms with Gasteiger partial charge < -0.3 is 9.84 Å². The molecule has 1 aromatic rings. The number of rotatable bonds is 12. The highest BCUT2D eigenvalue weighted by molar-refractivity contribution is 5.10. The van der Waals surface area contributed by atoms with Crippen molar-refractivity contribution in [2.45, 2.75) is 90.5 Å². The topological polar surface area (TPSA) is 51.0 Å². The molecule has 1 aromatic heterocycles. The van der Waals surface area contributed by atoms with E-state index in [1.54, 1.807) is 0 Å². The molecule has 0 aliphatic heterocycles. The number of hydrogen-bond acceptors (Lipinski definition) is 4. The summed E-state index contributed by atoms with van der Waals surface area (Å²) in [4.78, 5) is 4.46. The zero-order valence-electron chi connectivity index (χ0n) is 14.7. The molecular formula is C18H33N3O. The van der Waals surface area contributed by atoms with Gasteiger partial charge in [-0.1, -0.05) is 57.0 Å². The van der Waals surface area contributed by atoms with Crippen LogP contribution in [0.25, 0.3) is 0 Å². The van der Waals surface area contributed by atoms with Crippen LogP contribution in [-0.4, -0.2) is 16.7 Å². The van der Waals surface area contributed by atoms with E-state index >= 15 is 0 Å². The summed E-state index contributed by atoms with van der Waals surface area (Å²) < 4.78 is 5.18. The minimum Gasteiger partial charge on any atom is -0.340 e. The normalized spacial score (nSPS) is 17.6. The van der Waals surface area contributed by atoms with Crippen molar-refractivity contribution in [3.63, 3.8) is 0 Å². The number of nitrogens with one attached hydrogen (secondary N) is 1. The lowest BCUT2D eigenvalue weighted by Gasteiger charge is -2.27. The predicted molar refractivity (Wildman–Crippen MR) is 89.7 cm³/mol. The van der Waals surface area contributed by atoms with Gasteiger partial charge in [0.2, 0.25) is 5.89 Å². The summed E-state index contributed by atoms with van der Waals surface area (Å²) in [5.74, 6) is 2.17.